The van der Waals surface area contributed by atoms with Gasteiger partial charge >= 0.3 is 0 Å². The second kappa shape index (κ2) is 6.55. The summed E-state index contributed by atoms with van der Waals surface area (Å²) < 4.78 is 0. The van der Waals surface area contributed by atoms with Crippen LogP contribution in [0.1, 0.15) is 31.4 Å². The van der Waals surface area contributed by atoms with Crippen molar-refractivity contribution in [3.63, 3.8) is 0 Å². The highest BCUT2D eigenvalue weighted by Gasteiger charge is 2.23. The summed E-state index contributed by atoms with van der Waals surface area (Å²) >= 11 is 6.07. The van der Waals surface area contributed by atoms with E-state index in [1.54, 1.807) is 0 Å². The van der Waals surface area contributed by atoms with Crippen LogP contribution in [0.3, 0.4) is 0 Å². The smallest absolute Gasteiger partial charge is 0.0409 e. The maximum atomic E-state index is 6.07. The molecule has 1 unspecified atom stereocenters. The van der Waals surface area contributed by atoms with Gasteiger partial charge in [0.25, 0.3) is 0 Å². The van der Waals surface area contributed by atoms with E-state index in [2.05, 4.69) is 29.3 Å². The van der Waals surface area contributed by atoms with Gasteiger partial charge in [-0.05, 0) is 70.1 Å². The SMILES string of the molecule is CNCC1CCN(C(C)c2cccc(Cl)c2)CC1. The number of hydrogen-bond acceptors (Lipinski definition) is 2. The molecule has 1 aliphatic rings. The molecule has 18 heavy (non-hydrogen) atoms. The third-order valence-corrected chi connectivity index (χ3v) is 4.26. The lowest BCUT2D eigenvalue weighted by molar-refractivity contribution is 0.141. The second-order valence-electron chi connectivity index (χ2n) is 5.27. The summed E-state index contributed by atoms with van der Waals surface area (Å²) in [6, 6.07) is 8.72. The number of halogens is 1. The molecule has 2 nitrogen and oxygen atoms in total. The zero-order valence-electron chi connectivity index (χ0n) is 11.3. The predicted molar refractivity (Wildman–Crippen MR) is 78.1 cm³/mol. The molecule has 0 radical (unpaired) electrons. The van der Waals surface area contributed by atoms with Crippen molar-refractivity contribution < 1.29 is 0 Å². The van der Waals surface area contributed by atoms with E-state index >= 15 is 0 Å². The number of nitrogens with zero attached hydrogens (tertiary/aromatic N) is 1. The summed E-state index contributed by atoms with van der Waals surface area (Å²) in [4.78, 5) is 2.57. The molecule has 0 aromatic heterocycles. The molecule has 0 amide bonds. The Hall–Kier alpha value is -0.570. The van der Waals surface area contributed by atoms with E-state index in [1.165, 1.54) is 31.5 Å². The largest absolute Gasteiger partial charge is 0.319 e. The average molecular weight is 267 g/mol. The Morgan fingerprint density at radius 1 is 1.39 bits per heavy atom. The first-order chi connectivity index (χ1) is 8.70. The van der Waals surface area contributed by atoms with Crippen LogP contribution < -0.4 is 5.32 Å². The van der Waals surface area contributed by atoms with E-state index in [9.17, 15) is 0 Å². The zero-order valence-corrected chi connectivity index (χ0v) is 12.1. The van der Waals surface area contributed by atoms with Gasteiger partial charge in [0.1, 0.15) is 0 Å². The number of piperidine rings is 1. The Bertz CT molecular complexity index is 373. The van der Waals surface area contributed by atoms with Crippen molar-refractivity contribution >= 4 is 11.6 Å². The molecule has 2 rings (SSSR count). The lowest BCUT2D eigenvalue weighted by Gasteiger charge is -2.36. The molecule has 1 N–H and O–H groups in total. The monoisotopic (exact) mass is 266 g/mol. The molecule has 3 heteroatoms. The van der Waals surface area contributed by atoms with E-state index < -0.39 is 0 Å². The van der Waals surface area contributed by atoms with Crippen LogP contribution in [0.2, 0.25) is 5.02 Å². The molecular formula is C15H23ClN2. The number of nitrogens with one attached hydrogen (secondary N) is 1. The molecule has 1 aliphatic heterocycles. The highest BCUT2D eigenvalue weighted by atomic mass is 35.5. The molecular weight excluding hydrogens is 244 g/mol. The number of benzene rings is 1. The molecule has 0 saturated carbocycles. The first-order valence-electron chi connectivity index (χ1n) is 6.85. The summed E-state index contributed by atoms with van der Waals surface area (Å²) in [5, 5.41) is 4.12. The van der Waals surface area contributed by atoms with Gasteiger partial charge in [0.15, 0.2) is 0 Å². The summed E-state index contributed by atoms with van der Waals surface area (Å²) in [6.45, 7) is 5.82. The minimum absolute atomic E-state index is 0.472. The maximum absolute atomic E-state index is 6.07. The highest BCUT2D eigenvalue weighted by Crippen LogP contribution is 2.27. The molecule has 1 aromatic rings. The van der Waals surface area contributed by atoms with Crippen LogP contribution in [-0.2, 0) is 0 Å². The Balaban J connectivity index is 1.93. The van der Waals surface area contributed by atoms with Crippen LogP contribution in [0.25, 0.3) is 0 Å². The van der Waals surface area contributed by atoms with Crippen LogP contribution in [0.4, 0.5) is 0 Å². The van der Waals surface area contributed by atoms with Gasteiger partial charge in [-0.25, -0.2) is 0 Å². The Kier molecular flexibility index (Phi) is 5.04. The van der Waals surface area contributed by atoms with Crippen LogP contribution in [0.5, 0.6) is 0 Å². The molecule has 1 saturated heterocycles. The van der Waals surface area contributed by atoms with E-state index in [4.69, 9.17) is 11.6 Å². The molecule has 100 valence electrons. The quantitative estimate of drug-likeness (QED) is 0.899. The van der Waals surface area contributed by atoms with Crippen molar-refractivity contribution in [1.29, 1.82) is 0 Å². The first kappa shape index (κ1) is 13.9. The van der Waals surface area contributed by atoms with Gasteiger partial charge in [-0.1, -0.05) is 23.7 Å². The van der Waals surface area contributed by atoms with Crippen molar-refractivity contribution in [2.24, 2.45) is 5.92 Å². The van der Waals surface area contributed by atoms with E-state index in [0.717, 1.165) is 17.5 Å². The molecule has 1 fully saturated rings. The molecule has 1 heterocycles. The van der Waals surface area contributed by atoms with Gasteiger partial charge in [-0.15, -0.1) is 0 Å². The maximum Gasteiger partial charge on any atom is 0.0409 e. The highest BCUT2D eigenvalue weighted by molar-refractivity contribution is 6.30. The normalized spacial score (nSPS) is 19.9. The van der Waals surface area contributed by atoms with Crippen LogP contribution in [0.15, 0.2) is 24.3 Å². The summed E-state index contributed by atoms with van der Waals surface area (Å²) in [6.07, 6.45) is 2.59. The fourth-order valence-electron chi connectivity index (χ4n) is 2.81. The van der Waals surface area contributed by atoms with Gasteiger partial charge < -0.3 is 5.32 Å². The third kappa shape index (κ3) is 3.47. The number of likely N-dealkylation sites (tertiary alicyclic amines) is 1. The van der Waals surface area contributed by atoms with Gasteiger partial charge in [0.05, 0.1) is 0 Å². The van der Waals surface area contributed by atoms with E-state index in [1.807, 2.05) is 19.2 Å². The van der Waals surface area contributed by atoms with Crippen molar-refractivity contribution in [1.82, 2.24) is 10.2 Å². The summed E-state index contributed by atoms with van der Waals surface area (Å²) in [5.74, 6) is 0.845. The third-order valence-electron chi connectivity index (χ3n) is 4.02. The van der Waals surface area contributed by atoms with E-state index in [-0.39, 0.29) is 0 Å². The van der Waals surface area contributed by atoms with Crippen molar-refractivity contribution in [2.45, 2.75) is 25.8 Å². The molecule has 0 bridgehead atoms. The minimum Gasteiger partial charge on any atom is -0.319 e. The van der Waals surface area contributed by atoms with E-state index in [0.29, 0.717) is 6.04 Å². The second-order valence-corrected chi connectivity index (χ2v) is 5.70. The lowest BCUT2D eigenvalue weighted by atomic mass is 9.94. The van der Waals surface area contributed by atoms with Gasteiger partial charge in [0, 0.05) is 11.1 Å². The molecule has 1 atom stereocenters. The van der Waals surface area contributed by atoms with Crippen LogP contribution in [-0.4, -0.2) is 31.6 Å². The Morgan fingerprint density at radius 3 is 2.72 bits per heavy atom. The van der Waals surface area contributed by atoms with Crippen LogP contribution >= 0.6 is 11.6 Å². The number of hydrogen-bond donors (Lipinski definition) is 1. The number of rotatable bonds is 4. The molecule has 0 aliphatic carbocycles. The van der Waals surface area contributed by atoms with Gasteiger partial charge in [0.2, 0.25) is 0 Å². The topological polar surface area (TPSA) is 15.3 Å². The minimum atomic E-state index is 0.472. The lowest BCUT2D eigenvalue weighted by Crippen LogP contribution is -2.38. The van der Waals surface area contributed by atoms with Crippen molar-refractivity contribution in [3.05, 3.63) is 34.9 Å². The summed E-state index contributed by atoms with van der Waals surface area (Å²) in [7, 11) is 2.04. The first-order valence-corrected chi connectivity index (χ1v) is 7.22. The Labute approximate surface area is 115 Å². The summed E-state index contributed by atoms with van der Waals surface area (Å²) in [5.41, 5.74) is 1.33. The predicted octanol–water partition coefficient (Wildman–Crippen LogP) is 3.33. The van der Waals surface area contributed by atoms with Crippen molar-refractivity contribution in [2.75, 3.05) is 26.7 Å². The average Bonchev–Trinajstić information content (AvgIpc) is 2.39. The zero-order chi connectivity index (χ0) is 13.0. The standard InChI is InChI=1S/C15H23ClN2/c1-12(14-4-3-5-15(16)10-14)18-8-6-13(7-9-18)11-17-2/h3-5,10,12-13,17H,6-9,11H2,1-2H3. The Morgan fingerprint density at radius 2 is 2.11 bits per heavy atom. The van der Waals surface area contributed by atoms with Crippen molar-refractivity contribution in [3.8, 4) is 0 Å². The van der Waals surface area contributed by atoms with Gasteiger partial charge in [-0.2, -0.15) is 0 Å². The molecule has 0 spiro atoms. The molecule has 1 aromatic carbocycles. The fraction of sp³-hybridized carbons (Fsp3) is 0.600. The van der Waals surface area contributed by atoms with Gasteiger partial charge in [-0.3, -0.25) is 4.90 Å². The fourth-order valence-corrected chi connectivity index (χ4v) is 3.01. The van der Waals surface area contributed by atoms with Crippen LogP contribution in [0, 0.1) is 5.92 Å².